The van der Waals surface area contributed by atoms with E-state index in [4.69, 9.17) is 16.7 Å². The molecule has 0 aliphatic rings. The molecule has 1 unspecified atom stereocenters. The third-order valence-corrected chi connectivity index (χ3v) is 1.47. The van der Waals surface area contributed by atoms with Crippen molar-refractivity contribution in [3.63, 3.8) is 0 Å². The molecule has 1 aromatic rings. The van der Waals surface area contributed by atoms with Gasteiger partial charge in [-0.2, -0.15) is 0 Å². The molecular formula is C8H11ClN2O. The molecule has 0 spiro atoms. The summed E-state index contributed by atoms with van der Waals surface area (Å²) in [6, 6.07) is 9.82. The molecule has 3 nitrogen and oxygen atoms in total. The fraction of sp³-hybridized carbons (Fsp3) is 0.250. The van der Waals surface area contributed by atoms with Crippen LogP contribution in [0.1, 0.15) is 5.56 Å². The van der Waals surface area contributed by atoms with E-state index < -0.39 is 5.69 Å². The Kier molecular flexibility index (Phi) is 4.04. The van der Waals surface area contributed by atoms with Crippen molar-refractivity contribution >= 4 is 11.6 Å². The summed E-state index contributed by atoms with van der Waals surface area (Å²) in [5, 5.41) is 8.62. The lowest BCUT2D eigenvalue weighted by molar-refractivity contribution is 0.195. The zero-order chi connectivity index (χ0) is 8.81. The molecule has 0 fully saturated rings. The van der Waals surface area contributed by atoms with Crippen LogP contribution in [0.3, 0.4) is 0 Å². The first-order valence-electron chi connectivity index (χ1n) is 3.63. The number of hydrazine groups is 1. The van der Waals surface area contributed by atoms with E-state index in [2.05, 4.69) is 10.9 Å². The third kappa shape index (κ3) is 3.69. The smallest absolute Gasteiger partial charge is 0.195 e. The molecule has 0 amide bonds. The second-order valence-electron chi connectivity index (χ2n) is 2.32. The van der Waals surface area contributed by atoms with Crippen LogP contribution in [0.2, 0.25) is 0 Å². The summed E-state index contributed by atoms with van der Waals surface area (Å²) in [5.74, 6) is 0. The minimum atomic E-state index is -1.05. The molecule has 0 saturated carbocycles. The lowest BCUT2D eigenvalue weighted by atomic mass is 10.2. The number of hydrogen-bond donors (Lipinski definition) is 3. The fourth-order valence-corrected chi connectivity index (χ4v) is 0.910. The molecule has 0 bridgehead atoms. The number of aliphatic hydroxyl groups excluding tert-OH is 1. The minimum Gasteiger partial charge on any atom is -0.364 e. The number of benzene rings is 1. The Hall–Kier alpha value is -0.610. The van der Waals surface area contributed by atoms with Gasteiger partial charge in [-0.25, -0.2) is 5.43 Å². The predicted molar refractivity (Wildman–Crippen MR) is 48.3 cm³/mol. The second-order valence-corrected chi connectivity index (χ2v) is 2.73. The number of hydrogen-bond acceptors (Lipinski definition) is 3. The van der Waals surface area contributed by atoms with Gasteiger partial charge in [0.25, 0.3) is 0 Å². The van der Waals surface area contributed by atoms with Crippen LogP contribution in [0.25, 0.3) is 0 Å². The highest BCUT2D eigenvalue weighted by Crippen LogP contribution is 1.96. The summed E-state index contributed by atoms with van der Waals surface area (Å²) < 4.78 is 0. The first-order chi connectivity index (χ1) is 5.79. The normalized spacial score (nSPS) is 12.8. The molecule has 0 heterocycles. The first kappa shape index (κ1) is 9.48. The zero-order valence-electron chi connectivity index (χ0n) is 6.50. The van der Waals surface area contributed by atoms with Crippen molar-refractivity contribution in [3.05, 3.63) is 35.9 Å². The number of alkyl halides is 1. The molecule has 1 atom stereocenters. The van der Waals surface area contributed by atoms with E-state index in [1.807, 2.05) is 30.3 Å². The number of nitrogens with one attached hydrogen (secondary N) is 2. The summed E-state index contributed by atoms with van der Waals surface area (Å²) in [4.78, 5) is 0. The van der Waals surface area contributed by atoms with Crippen molar-refractivity contribution in [1.29, 1.82) is 0 Å². The van der Waals surface area contributed by atoms with Crippen LogP contribution in [-0.2, 0) is 6.54 Å². The van der Waals surface area contributed by atoms with Gasteiger partial charge in [0.1, 0.15) is 0 Å². The largest absolute Gasteiger partial charge is 0.364 e. The van der Waals surface area contributed by atoms with Gasteiger partial charge in [0, 0.05) is 6.54 Å². The van der Waals surface area contributed by atoms with E-state index in [9.17, 15) is 0 Å². The van der Waals surface area contributed by atoms with Crippen LogP contribution in [0.4, 0.5) is 0 Å². The van der Waals surface area contributed by atoms with E-state index in [1.165, 1.54) is 0 Å². The lowest BCUT2D eigenvalue weighted by Gasteiger charge is -2.07. The molecule has 12 heavy (non-hydrogen) atoms. The zero-order valence-corrected chi connectivity index (χ0v) is 7.25. The molecule has 0 aliphatic heterocycles. The SMILES string of the molecule is OC(Cl)NNCc1ccccc1. The van der Waals surface area contributed by atoms with E-state index in [0.29, 0.717) is 6.54 Å². The average molecular weight is 187 g/mol. The number of aliphatic hydroxyl groups is 1. The molecule has 1 rings (SSSR count). The number of halogens is 1. The molecular weight excluding hydrogens is 176 g/mol. The molecule has 0 aliphatic carbocycles. The molecule has 0 aromatic heterocycles. The summed E-state index contributed by atoms with van der Waals surface area (Å²) in [6.45, 7) is 0.630. The van der Waals surface area contributed by atoms with E-state index in [-0.39, 0.29) is 0 Å². The Morgan fingerprint density at radius 2 is 2.00 bits per heavy atom. The Morgan fingerprint density at radius 3 is 2.58 bits per heavy atom. The minimum absolute atomic E-state index is 0.630. The highest BCUT2D eigenvalue weighted by molar-refractivity contribution is 6.19. The maximum absolute atomic E-state index is 8.62. The topological polar surface area (TPSA) is 44.3 Å². The standard InChI is InChI=1S/C8H11ClN2O/c9-8(12)11-10-6-7-4-2-1-3-5-7/h1-5,8,10-12H,6H2. The molecule has 0 saturated heterocycles. The van der Waals surface area contributed by atoms with Crippen LogP contribution in [0.15, 0.2) is 30.3 Å². The Morgan fingerprint density at radius 1 is 1.33 bits per heavy atom. The van der Waals surface area contributed by atoms with Gasteiger partial charge in [-0.05, 0) is 5.56 Å². The van der Waals surface area contributed by atoms with Crippen molar-refractivity contribution in [1.82, 2.24) is 10.9 Å². The van der Waals surface area contributed by atoms with Crippen LogP contribution >= 0.6 is 11.6 Å². The van der Waals surface area contributed by atoms with Crippen molar-refractivity contribution in [2.75, 3.05) is 0 Å². The van der Waals surface area contributed by atoms with Gasteiger partial charge in [0.15, 0.2) is 5.69 Å². The molecule has 66 valence electrons. The highest BCUT2D eigenvalue weighted by atomic mass is 35.5. The Balaban J connectivity index is 2.25. The van der Waals surface area contributed by atoms with Gasteiger partial charge in [-0.1, -0.05) is 41.9 Å². The van der Waals surface area contributed by atoms with Crippen LogP contribution in [-0.4, -0.2) is 10.8 Å². The van der Waals surface area contributed by atoms with Gasteiger partial charge in [-0.3, -0.25) is 5.43 Å². The third-order valence-electron chi connectivity index (χ3n) is 1.36. The molecule has 1 aromatic carbocycles. The summed E-state index contributed by atoms with van der Waals surface area (Å²) in [7, 11) is 0. The molecule has 0 radical (unpaired) electrons. The van der Waals surface area contributed by atoms with Gasteiger partial charge < -0.3 is 5.11 Å². The molecule has 4 heteroatoms. The van der Waals surface area contributed by atoms with Gasteiger partial charge in [0.2, 0.25) is 0 Å². The van der Waals surface area contributed by atoms with E-state index in [0.717, 1.165) is 5.56 Å². The maximum atomic E-state index is 8.62. The van der Waals surface area contributed by atoms with Gasteiger partial charge >= 0.3 is 0 Å². The van der Waals surface area contributed by atoms with E-state index >= 15 is 0 Å². The highest BCUT2D eigenvalue weighted by Gasteiger charge is 1.93. The fourth-order valence-electron chi connectivity index (χ4n) is 0.833. The molecule has 3 N–H and O–H groups in total. The first-order valence-corrected chi connectivity index (χ1v) is 4.07. The number of rotatable bonds is 4. The van der Waals surface area contributed by atoms with Crippen molar-refractivity contribution in [2.24, 2.45) is 0 Å². The Bertz CT molecular complexity index is 216. The quantitative estimate of drug-likeness (QED) is 0.282. The van der Waals surface area contributed by atoms with Crippen LogP contribution in [0.5, 0.6) is 0 Å². The Labute approximate surface area is 76.3 Å². The lowest BCUT2D eigenvalue weighted by Crippen LogP contribution is -2.36. The summed E-state index contributed by atoms with van der Waals surface area (Å²) in [6.07, 6.45) is 0. The van der Waals surface area contributed by atoms with E-state index in [1.54, 1.807) is 0 Å². The van der Waals surface area contributed by atoms with Crippen LogP contribution < -0.4 is 10.9 Å². The van der Waals surface area contributed by atoms with Crippen molar-refractivity contribution in [2.45, 2.75) is 12.2 Å². The van der Waals surface area contributed by atoms with Gasteiger partial charge in [-0.15, -0.1) is 0 Å². The summed E-state index contributed by atoms with van der Waals surface area (Å²) in [5.41, 5.74) is 5.31. The second kappa shape index (κ2) is 5.11. The van der Waals surface area contributed by atoms with Gasteiger partial charge in [0.05, 0.1) is 0 Å². The maximum Gasteiger partial charge on any atom is 0.195 e. The van der Waals surface area contributed by atoms with Crippen molar-refractivity contribution in [3.8, 4) is 0 Å². The summed E-state index contributed by atoms with van der Waals surface area (Å²) >= 11 is 5.23. The van der Waals surface area contributed by atoms with Crippen molar-refractivity contribution < 1.29 is 5.11 Å². The monoisotopic (exact) mass is 186 g/mol. The predicted octanol–water partition coefficient (Wildman–Crippen LogP) is 0.796. The van der Waals surface area contributed by atoms with Crippen LogP contribution in [0, 0.1) is 0 Å². The average Bonchev–Trinajstić information content (AvgIpc) is 2.05.